The van der Waals surface area contributed by atoms with E-state index in [2.05, 4.69) is 25.9 Å². The van der Waals surface area contributed by atoms with Crippen LogP contribution in [0.15, 0.2) is 36.8 Å². The molecule has 0 bridgehead atoms. The van der Waals surface area contributed by atoms with Gasteiger partial charge in [-0.25, -0.2) is 9.78 Å². The molecule has 0 aliphatic rings. The van der Waals surface area contributed by atoms with Crippen LogP contribution in [-0.4, -0.2) is 79.2 Å². The predicted octanol–water partition coefficient (Wildman–Crippen LogP) is -0.806. The Morgan fingerprint density at radius 1 is 0.974 bits per heavy atom. The van der Waals surface area contributed by atoms with Crippen LogP contribution in [0.2, 0.25) is 0 Å². The molecule has 0 radical (unpaired) electrons. The molecule has 2 rings (SSSR count). The van der Waals surface area contributed by atoms with Gasteiger partial charge in [0.25, 0.3) is 0 Å². The second-order valence-electron chi connectivity index (χ2n) is 9.25. The number of aliphatic hydroxyl groups excluding tert-OH is 1. The minimum atomic E-state index is -1.41. The fraction of sp³-hybridized carbons (Fsp3) is 0.480. The summed E-state index contributed by atoms with van der Waals surface area (Å²) in [7, 11) is 0. The largest absolute Gasteiger partial charge is 0.508 e. The summed E-state index contributed by atoms with van der Waals surface area (Å²) < 4.78 is 0. The minimum Gasteiger partial charge on any atom is -0.508 e. The monoisotopic (exact) mass is 532 g/mol. The average Bonchev–Trinajstić information content (AvgIpc) is 3.39. The number of phenolic OH excluding ortho intramolecular Hbond substituents is 1. The Labute approximate surface area is 220 Å². The highest BCUT2D eigenvalue weighted by molar-refractivity contribution is 5.94. The van der Waals surface area contributed by atoms with Gasteiger partial charge in [-0.3, -0.25) is 14.4 Å². The maximum atomic E-state index is 13.2. The molecule has 9 N–H and O–H groups in total. The van der Waals surface area contributed by atoms with Crippen LogP contribution >= 0.6 is 0 Å². The third-order valence-corrected chi connectivity index (χ3v) is 6.23. The molecule has 0 saturated heterocycles. The second kappa shape index (κ2) is 14.1. The molecule has 3 amide bonds. The van der Waals surface area contributed by atoms with Crippen LogP contribution < -0.4 is 21.7 Å². The van der Waals surface area contributed by atoms with Gasteiger partial charge in [0, 0.05) is 24.7 Å². The Hall–Kier alpha value is -3.97. The summed E-state index contributed by atoms with van der Waals surface area (Å²) in [5, 5.41) is 36.7. The van der Waals surface area contributed by atoms with E-state index in [1.165, 1.54) is 43.7 Å². The molecule has 0 spiro atoms. The van der Waals surface area contributed by atoms with Gasteiger partial charge in [0.15, 0.2) is 0 Å². The summed E-state index contributed by atoms with van der Waals surface area (Å²) in [4.78, 5) is 57.4. The summed E-state index contributed by atoms with van der Waals surface area (Å²) >= 11 is 0. The normalized spacial score (nSPS) is 15.8. The number of hydrogen-bond donors (Lipinski definition) is 8. The van der Waals surface area contributed by atoms with Crippen LogP contribution in [0.4, 0.5) is 0 Å². The van der Waals surface area contributed by atoms with Gasteiger partial charge in [-0.05, 0) is 30.5 Å². The number of rotatable bonds is 14. The van der Waals surface area contributed by atoms with Crippen molar-refractivity contribution in [1.29, 1.82) is 0 Å². The van der Waals surface area contributed by atoms with Crippen molar-refractivity contribution in [2.24, 2.45) is 11.7 Å². The SMILES string of the molecule is CCC(C)C(N)C(=O)NC(C(=O)NC(Cc1cnc[nH]1)C(=O)NC(Cc1ccc(O)cc1)C(=O)O)C(C)O. The van der Waals surface area contributed by atoms with Crippen LogP contribution in [-0.2, 0) is 32.0 Å². The Bertz CT molecular complexity index is 1070. The molecule has 208 valence electrons. The summed E-state index contributed by atoms with van der Waals surface area (Å²) in [6.07, 6.45) is 1.98. The molecular weight excluding hydrogens is 496 g/mol. The quantitative estimate of drug-likeness (QED) is 0.152. The van der Waals surface area contributed by atoms with Gasteiger partial charge < -0.3 is 42.0 Å². The molecule has 6 unspecified atom stereocenters. The van der Waals surface area contributed by atoms with E-state index in [1.807, 2.05) is 6.92 Å². The van der Waals surface area contributed by atoms with Crippen molar-refractivity contribution in [2.75, 3.05) is 0 Å². The van der Waals surface area contributed by atoms with E-state index >= 15 is 0 Å². The highest BCUT2D eigenvalue weighted by Crippen LogP contribution is 2.12. The van der Waals surface area contributed by atoms with Crippen molar-refractivity contribution >= 4 is 23.7 Å². The van der Waals surface area contributed by atoms with Gasteiger partial charge in [-0.1, -0.05) is 32.4 Å². The van der Waals surface area contributed by atoms with Crippen LogP contribution in [0.3, 0.4) is 0 Å². The fourth-order valence-corrected chi connectivity index (χ4v) is 3.59. The van der Waals surface area contributed by atoms with E-state index in [9.17, 15) is 34.5 Å². The number of aromatic hydroxyl groups is 1. The van der Waals surface area contributed by atoms with Gasteiger partial charge in [0.2, 0.25) is 17.7 Å². The van der Waals surface area contributed by atoms with Crippen molar-refractivity contribution in [3.8, 4) is 5.75 Å². The maximum Gasteiger partial charge on any atom is 0.326 e. The number of nitrogens with one attached hydrogen (secondary N) is 4. The predicted molar refractivity (Wildman–Crippen MR) is 137 cm³/mol. The number of imidazole rings is 1. The summed E-state index contributed by atoms with van der Waals surface area (Å²) in [6, 6.07) is 0.920. The maximum absolute atomic E-state index is 13.2. The Kier molecular flexibility index (Phi) is 11.2. The number of aliphatic carboxylic acids is 1. The van der Waals surface area contributed by atoms with E-state index in [-0.39, 0.29) is 24.5 Å². The van der Waals surface area contributed by atoms with Gasteiger partial charge in [0.1, 0.15) is 23.9 Å². The number of carboxylic acid groups (broad SMARTS) is 1. The third-order valence-electron chi connectivity index (χ3n) is 6.23. The summed E-state index contributed by atoms with van der Waals surface area (Å²) in [5.41, 5.74) is 6.98. The number of amides is 3. The smallest absolute Gasteiger partial charge is 0.326 e. The molecule has 6 atom stereocenters. The molecule has 13 heteroatoms. The lowest BCUT2D eigenvalue weighted by molar-refractivity contribution is -0.142. The Morgan fingerprint density at radius 3 is 2.13 bits per heavy atom. The molecule has 38 heavy (non-hydrogen) atoms. The van der Waals surface area contributed by atoms with Crippen molar-refractivity contribution in [1.82, 2.24) is 25.9 Å². The molecule has 1 aromatic heterocycles. The van der Waals surface area contributed by atoms with E-state index < -0.39 is 54.0 Å². The number of H-pyrrole nitrogens is 1. The number of nitrogens with two attached hydrogens (primary N) is 1. The standard InChI is InChI=1S/C25H36N6O7/c1-4-13(2)20(26)23(35)31-21(14(3)32)24(36)29-18(10-16-11-27-12-28-16)22(34)30-19(25(37)38)9-15-5-7-17(33)8-6-15/h5-8,11-14,18-21,32-33H,4,9-10,26H2,1-3H3,(H,27,28)(H,29,36)(H,30,34)(H,31,35)(H,37,38). The van der Waals surface area contributed by atoms with E-state index in [4.69, 9.17) is 5.73 Å². The molecule has 0 fully saturated rings. The van der Waals surface area contributed by atoms with Crippen molar-refractivity contribution in [2.45, 2.75) is 70.3 Å². The zero-order valence-electron chi connectivity index (χ0n) is 21.5. The first-order chi connectivity index (χ1) is 17.9. The molecule has 2 aromatic rings. The lowest BCUT2D eigenvalue weighted by Crippen LogP contribution is -2.60. The highest BCUT2D eigenvalue weighted by atomic mass is 16.4. The number of phenols is 1. The summed E-state index contributed by atoms with van der Waals surface area (Å²) in [5.74, 6) is -3.74. The lowest BCUT2D eigenvalue weighted by atomic mass is 9.98. The number of hydrogen-bond acceptors (Lipinski definition) is 8. The molecule has 0 aliphatic heterocycles. The summed E-state index contributed by atoms with van der Waals surface area (Å²) in [6.45, 7) is 4.95. The average molecular weight is 533 g/mol. The number of nitrogens with zero attached hydrogens (tertiary/aromatic N) is 1. The Morgan fingerprint density at radius 2 is 1.61 bits per heavy atom. The zero-order valence-corrected chi connectivity index (χ0v) is 21.5. The fourth-order valence-electron chi connectivity index (χ4n) is 3.59. The van der Waals surface area contributed by atoms with Gasteiger partial charge in [0.05, 0.1) is 18.5 Å². The third kappa shape index (κ3) is 8.85. The molecule has 0 saturated carbocycles. The van der Waals surface area contributed by atoms with E-state index in [0.717, 1.165) is 0 Å². The number of aromatic nitrogens is 2. The first-order valence-electron chi connectivity index (χ1n) is 12.3. The van der Waals surface area contributed by atoms with Crippen LogP contribution in [0, 0.1) is 5.92 Å². The van der Waals surface area contributed by atoms with Crippen LogP contribution in [0.5, 0.6) is 5.75 Å². The first-order valence-corrected chi connectivity index (χ1v) is 12.3. The Balaban J connectivity index is 2.20. The van der Waals surface area contributed by atoms with Crippen molar-refractivity contribution < 1.29 is 34.5 Å². The van der Waals surface area contributed by atoms with Crippen LogP contribution in [0.25, 0.3) is 0 Å². The van der Waals surface area contributed by atoms with Crippen molar-refractivity contribution in [3.63, 3.8) is 0 Å². The van der Waals surface area contributed by atoms with E-state index in [0.29, 0.717) is 17.7 Å². The van der Waals surface area contributed by atoms with Gasteiger partial charge >= 0.3 is 5.97 Å². The lowest BCUT2D eigenvalue weighted by Gasteiger charge is -2.27. The number of carbonyl (C=O) groups is 4. The van der Waals surface area contributed by atoms with Gasteiger partial charge in [-0.15, -0.1) is 0 Å². The number of benzene rings is 1. The first kappa shape index (κ1) is 30.3. The number of aliphatic hydroxyl groups is 1. The molecule has 13 nitrogen and oxygen atoms in total. The van der Waals surface area contributed by atoms with Crippen molar-refractivity contribution in [3.05, 3.63) is 48.0 Å². The molecule has 1 aromatic carbocycles. The number of aromatic amines is 1. The second-order valence-corrected chi connectivity index (χ2v) is 9.25. The molecular formula is C25H36N6O7. The zero-order chi connectivity index (χ0) is 28.4. The number of carbonyl (C=O) groups excluding carboxylic acids is 3. The molecule has 0 aliphatic carbocycles. The number of carboxylic acids is 1. The van der Waals surface area contributed by atoms with E-state index in [1.54, 1.807) is 6.92 Å². The minimum absolute atomic E-state index is 0.0110. The van der Waals surface area contributed by atoms with Crippen LogP contribution in [0.1, 0.15) is 38.4 Å². The van der Waals surface area contributed by atoms with Gasteiger partial charge in [-0.2, -0.15) is 0 Å². The highest BCUT2D eigenvalue weighted by Gasteiger charge is 2.33. The molecule has 1 heterocycles. The topological polar surface area (TPSA) is 220 Å².